The molecule has 0 unspecified atom stereocenters. The van der Waals surface area contributed by atoms with E-state index in [2.05, 4.69) is 10.6 Å². The Hall–Kier alpha value is -2.86. The van der Waals surface area contributed by atoms with Crippen molar-refractivity contribution in [3.8, 4) is 5.75 Å². The Balaban J connectivity index is 1.89. The number of methoxy groups -OCH3 is 1. The molecule has 24 heavy (non-hydrogen) atoms. The smallest absolute Gasteiger partial charge is 0.319 e. The lowest BCUT2D eigenvalue weighted by Gasteiger charge is -2.15. The molecule has 2 aromatic rings. The van der Waals surface area contributed by atoms with Gasteiger partial charge in [-0.25, -0.2) is 4.79 Å². The van der Waals surface area contributed by atoms with Crippen molar-refractivity contribution in [1.82, 2.24) is 5.32 Å². The fourth-order valence-corrected chi connectivity index (χ4v) is 2.20. The van der Waals surface area contributed by atoms with Gasteiger partial charge < -0.3 is 20.5 Å². The second kappa shape index (κ2) is 8.12. The van der Waals surface area contributed by atoms with Gasteiger partial charge in [0.15, 0.2) is 5.78 Å². The van der Waals surface area contributed by atoms with Crippen LogP contribution in [0.2, 0.25) is 0 Å². The topological polar surface area (TPSA) is 87.7 Å². The van der Waals surface area contributed by atoms with Gasteiger partial charge >= 0.3 is 6.03 Å². The van der Waals surface area contributed by atoms with Gasteiger partial charge in [-0.05, 0) is 37.3 Å². The Labute approximate surface area is 140 Å². The summed E-state index contributed by atoms with van der Waals surface area (Å²) in [6.07, 6.45) is -0.882. The highest BCUT2D eigenvalue weighted by Gasteiger charge is 2.13. The van der Waals surface area contributed by atoms with Crippen LogP contribution in [0.5, 0.6) is 5.75 Å². The number of carbonyl (C=O) groups excluding carboxylic acids is 2. The van der Waals surface area contributed by atoms with Crippen LogP contribution in [0, 0.1) is 0 Å². The summed E-state index contributed by atoms with van der Waals surface area (Å²) >= 11 is 0. The fourth-order valence-electron chi connectivity index (χ4n) is 2.20. The molecular formula is C18H20N2O4. The van der Waals surface area contributed by atoms with E-state index in [0.717, 1.165) is 0 Å². The molecule has 0 radical (unpaired) electrons. The minimum atomic E-state index is -0.882. The quantitative estimate of drug-likeness (QED) is 0.712. The molecule has 0 bridgehead atoms. The number of carbonyl (C=O) groups is 2. The van der Waals surface area contributed by atoms with E-state index < -0.39 is 12.1 Å². The van der Waals surface area contributed by atoms with Crippen LogP contribution in [0.3, 0.4) is 0 Å². The third kappa shape index (κ3) is 4.57. The first-order valence-electron chi connectivity index (χ1n) is 7.48. The van der Waals surface area contributed by atoms with Crippen molar-refractivity contribution in [2.45, 2.75) is 13.0 Å². The number of anilines is 1. The third-order valence-corrected chi connectivity index (χ3v) is 3.50. The summed E-state index contributed by atoms with van der Waals surface area (Å²) in [4.78, 5) is 23.1. The van der Waals surface area contributed by atoms with Crippen LogP contribution in [0.25, 0.3) is 0 Å². The Morgan fingerprint density at radius 2 is 1.79 bits per heavy atom. The van der Waals surface area contributed by atoms with Gasteiger partial charge in [0, 0.05) is 23.4 Å². The number of benzene rings is 2. The highest BCUT2D eigenvalue weighted by Crippen LogP contribution is 2.24. The number of hydrogen-bond acceptors (Lipinski definition) is 4. The first-order chi connectivity index (χ1) is 11.5. The van der Waals surface area contributed by atoms with Gasteiger partial charge in [-0.3, -0.25) is 4.79 Å². The molecule has 0 aliphatic carbocycles. The zero-order valence-corrected chi connectivity index (χ0v) is 13.6. The van der Waals surface area contributed by atoms with Crippen molar-refractivity contribution >= 4 is 17.5 Å². The molecule has 0 fully saturated rings. The maximum atomic E-state index is 11.9. The minimum Gasteiger partial charge on any atom is -0.496 e. The molecule has 0 aromatic heterocycles. The number of nitrogens with one attached hydrogen (secondary N) is 2. The number of aliphatic hydroxyl groups is 1. The Morgan fingerprint density at radius 3 is 2.42 bits per heavy atom. The van der Waals surface area contributed by atoms with Gasteiger partial charge in [-0.1, -0.05) is 18.2 Å². The van der Waals surface area contributed by atoms with E-state index in [1.54, 1.807) is 48.5 Å². The normalized spacial score (nSPS) is 11.5. The Morgan fingerprint density at radius 1 is 1.12 bits per heavy atom. The van der Waals surface area contributed by atoms with Crippen molar-refractivity contribution in [2.75, 3.05) is 19.0 Å². The molecule has 0 saturated heterocycles. The van der Waals surface area contributed by atoms with Crippen molar-refractivity contribution in [3.63, 3.8) is 0 Å². The number of hydrogen-bond donors (Lipinski definition) is 3. The lowest BCUT2D eigenvalue weighted by Crippen LogP contribution is -2.32. The molecule has 6 nitrogen and oxygen atoms in total. The predicted octanol–water partition coefficient (Wildman–Crippen LogP) is 2.75. The van der Waals surface area contributed by atoms with Crippen molar-refractivity contribution in [1.29, 1.82) is 0 Å². The highest BCUT2D eigenvalue weighted by molar-refractivity contribution is 5.95. The van der Waals surface area contributed by atoms with E-state index in [4.69, 9.17) is 4.74 Å². The van der Waals surface area contributed by atoms with Gasteiger partial charge in [0.2, 0.25) is 0 Å². The largest absolute Gasteiger partial charge is 0.496 e. The van der Waals surface area contributed by atoms with E-state index in [1.807, 2.05) is 0 Å². The molecule has 3 N–H and O–H groups in total. The molecule has 6 heteroatoms. The molecule has 126 valence electrons. The molecule has 1 atom stereocenters. The third-order valence-electron chi connectivity index (χ3n) is 3.50. The first kappa shape index (κ1) is 17.5. The molecular weight excluding hydrogens is 308 g/mol. The van der Waals surface area contributed by atoms with Crippen LogP contribution in [-0.4, -0.2) is 30.6 Å². The number of urea groups is 1. The number of aliphatic hydroxyl groups excluding tert-OH is 1. The average Bonchev–Trinajstić information content (AvgIpc) is 2.60. The van der Waals surface area contributed by atoms with Crippen LogP contribution in [0.1, 0.15) is 28.9 Å². The van der Waals surface area contributed by atoms with Gasteiger partial charge in [-0.15, -0.1) is 0 Å². The summed E-state index contributed by atoms with van der Waals surface area (Å²) in [6.45, 7) is 1.52. The summed E-state index contributed by atoms with van der Waals surface area (Å²) in [7, 11) is 1.52. The SMILES string of the molecule is COc1ccccc1[C@@H](O)CNC(=O)Nc1ccc(C(C)=O)cc1. The molecule has 0 heterocycles. The van der Waals surface area contributed by atoms with E-state index in [-0.39, 0.29) is 12.3 Å². The first-order valence-corrected chi connectivity index (χ1v) is 7.48. The number of Topliss-reactive ketones (excluding diaryl/α,β-unsaturated/α-hetero) is 1. The van der Waals surface area contributed by atoms with Gasteiger partial charge in [0.25, 0.3) is 0 Å². The Kier molecular flexibility index (Phi) is 5.92. The van der Waals surface area contributed by atoms with Gasteiger partial charge in [-0.2, -0.15) is 0 Å². The lowest BCUT2D eigenvalue weighted by atomic mass is 10.1. The second-order valence-corrected chi connectivity index (χ2v) is 5.23. The maximum Gasteiger partial charge on any atom is 0.319 e. The number of para-hydroxylation sites is 1. The van der Waals surface area contributed by atoms with E-state index >= 15 is 0 Å². The summed E-state index contributed by atoms with van der Waals surface area (Å²) in [5, 5.41) is 15.4. The second-order valence-electron chi connectivity index (χ2n) is 5.23. The molecule has 2 amide bonds. The maximum absolute atomic E-state index is 11.9. The van der Waals surface area contributed by atoms with Crippen LogP contribution < -0.4 is 15.4 Å². The highest BCUT2D eigenvalue weighted by atomic mass is 16.5. The van der Waals surface area contributed by atoms with Crippen molar-refractivity contribution in [3.05, 3.63) is 59.7 Å². The van der Waals surface area contributed by atoms with E-state index in [0.29, 0.717) is 22.6 Å². The zero-order chi connectivity index (χ0) is 17.5. The van der Waals surface area contributed by atoms with Crippen LogP contribution in [0.4, 0.5) is 10.5 Å². The average molecular weight is 328 g/mol. The standard InChI is InChI=1S/C18H20N2O4/c1-12(21)13-7-9-14(10-8-13)20-18(23)19-11-16(22)15-5-3-4-6-17(15)24-2/h3-10,16,22H,11H2,1-2H3,(H2,19,20,23)/t16-/m0/s1. The zero-order valence-electron chi connectivity index (χ0n) is 13.6. The molecule has 0 saturated carbocycles. The monoisotopic (exact) mass is 328 g/mol. The predicted molar refractivity (Wildman–Crippen MR) is 91.4 cm³/mol. The number of amides is 2. The Bertz CT molecular complexity index is 713. The number of ketones is 1. The summed E-state index contributed by atoms with van der Waals surface area (Å²) < 4.78 is 5.18. The minimum absolute atomic E-state index is 0.0362. The summed E-state index contributed by atoms with van der Waals surface area (Å²) in [5.41, 5.74) is 1.74. The molecule has 2 rings (SSSR count). The molecule has 2 aromatic carbocycles. The van der Waals surface area contributed by atoms with Crippen molar-refractivity contribution in [2.24, 2.45) is 0 Å². The van der Waals surface area contributed by atoms with E-state index in [1.165, 1.54) is 14.0 Å². The summed E-state index contributed by atoms with van der Waals surface area (Å²) in [6, 6.07) is 13.2. The fraction of sp³-hybridized carbons (Fsp3) is 0.222. The van der Waals surface area contributed by atoms with Crippen LogP contribution in [0.15, 0.2) is 48.5 Å². The van der Waals surface area contributed by atoms with Gasteiger partial charge in [0.1, 0.15) is 5.75 Å². The lowest BCUT2D eigenvalue weighted by molar-refractivity contribution is 0.101. The van der Waals surface area contributed by atoms with Crippen LogP contribution in [-0.2, 0) is 0 Å². The van der Waals surface area contributed by atoms with Gasteiger partial charge in [0.05, 0.1) is 13.2 Å². The molecule has 0 spiro atoms. The summed E-state index contributed by atoms with van der Waals surface area (Å²) in [5.74, 6) is 0.526. The van der Waals surface area contributed by atoms with Crippen molar-refractivity contribution < 1.29 is 19.4 Å². The molecule has 0 aliphatic rings. The van der Waals surface area contributed by atoms with E-state index in [9.17, 15) is 14.7 Å². The molecule has 0 aliphatic heterocycles. The van der Waals surface area contributed by atoms with Crippen LogP contribution >= 0.6 is 0 Å². The number of ether oxygens (including phenoxy) is 1. The number of rotatable bonds is 6.